The van der Waals surface area contributed by atoms with Crippen LogP contribution < -0.4 is 10.1 Å². The number of anilines is 1. The first-order valence-corrected chi connectivity index (χ1v) is 9.65. The number of rotatable bonds is 6. The third-order valence-corrected chi connectivity index (χ3v) is 5.46. The zero-order chi connectivity index (χ0) is 21.3. The average molecular weight is 418 g/mol. The van der Waals surface area contributed by atoms with Gasteiger partial charge in [-0.3, -0.25) is 4.79 Å². The molecule has 1 aliphatic carbocycles. The second-order valence-electron chi connectivity index (χ2n) is 7.60. The lowest BCUT2D eigenvalue weighted by atomic mass is 9.75. The van der Waals surface area contributed by atoms with Crippen molar-refractivity contribution in [1.82, 2.24) is 4.98 Å². The third kappa shape index (κ3) is 4.28. The first kappa shape index (κ1) is 20.3. The summed E-state index contributed by atoms with van der Waals surface area (Å²) >= 11 is 0. The van der Waals surface area contributed by atoms with Crippen LogP contribution in [-0.2, 0) is 17.6 Å². The molecule has 1 fully saturated rings. The molecule has 158 valence electrons. The van der Waals surface area contributed by atoms with E-state index in [1.807, 2.05) is 6.07 Å². The Labute approximate surface area is 170 Å². The third-order valence-electron chi connectivity index (χ3n) is 5.46. The van der Waals surface area contributed by atoms with E-state index in [4.69, 9.17) is 9.84 Å². The summed E-state index contributed by atoms with van der Waals surface area (Å²) in [5, 5.41) is 12.8. The van der Waals surface area contributed by atoms with E-state index < -0.39 is 11.7 Å². The molecule has 0 spiro atoms. The normalized spacial score (nSPS) is 18.8. The van der Waals surface area contributed by atoms with Crippen molar-refractivity contribution in [3.05, 3.63) is 59.8 Å². The number of alkyl halides is 3. The second-order valence-corrected chi connectivity index (χ2v) is 7.60. The minimum Gasteiger partial charge on any atom is -0.489 e. The number of H-pyrrole nitrogens is 1. The lowest BCUT2D eigenvalue weighted by Gasteiger charge is -2.32. The number of hydrogen-bond donors (Lipinski definition) is 3. The number of halogens is 3. The van der Waals surface area contributed by atoms with Gasteiger partial charge in [-0.1, -0.05) is 12.1 Å². The summed E-state index contributed by atoms with van der Waals surface area (Å²) in [4.78, 5) is 15.5. The van der Waals surface area contributed by atoms with Gasteiger partial charge in [-0.15, -0.1) is 0 Å². The number of aliphatic hydroxyl groups is 1. The molecule has 1 heterocycles. The number of aliphatic hydroxyl groups excluding tert-OH is 1. The molecule has 3 N–H and O–H groups in total. The highest BCUT2D eigenvalue weighted by Crippen LogP contribution is 2.35. The fourth-order valence-corrected chi connectivity index (χ4v) is 3.58. The van der Waals surface area contributed by atoms with E-state index in [0.29, 0.717) is 29.8 Å². The van der Waals surface area contributed by atoms with E-state index in [9.17, 15) is 18.0 Å². The van der Waals surface area contributed by atoms with Crippen molar-refractivity contribution in [2.75, 3.05) is 11.9 Å². The van der Waals surface area contributed by atoms with Gasteiger partial charge in [0.05, 0.1) is 11.3 Å². The van der Waals surface area contributed by atoms with Crippen molar-refractivity contribution < 1.29 is 27.8 Å². The standard InChI is InChI=1S/C22H21F3N2O3/c23-22(24,25)16-3-1-13(2-4-16)12-30-17-5-6-19-18(9-17)20(10-26-19)27-21(29)15-7-14(8-15)11-28/h1-6,9-10,14-15,26,28H,7-8,11-12H2,(H,27,29). The summed E-state index contributed by atoms with van der Waals surface area (Å²) in [6.07, 6.45) is -1.28. The van der Waals surface area contributed by atoms with Crippen LogP contribution in [0, 0.1) is 11.8 Å². The van der Waals surface area contributed by atoms with E-state index in [1.54, 1.807) is 18.3 Å². The lowest BCUT2D eigenvalue weighted by Crippen LogP contribution is -2.35. The first-order chi connectivity index (χ1) is 14.3. The fourth-order valence-electron chi connectivity index (χ4n) is 3.58. The van der Waals surface area contributed by atoms with Crippen LogP contribution in [0.5, 0.6) is 5.75 Å². The summed E-state index contributed by atoms with van der Waals surface area (Å²) in [6.45, 7) is 0.233. The van der Waals surface area contributed by atoms with Gasteiger partial charge in [0, 0.05) is 29.6 Å². The molecule has 1 saturated carbocycles. The minimum atomic E-state index is -4.36. The number of amides is 1. The van der Waals surface area contributed by atoms with Crippen molar-refractivity contribution >= 4 is 22.5 Å². The molecular weight excluding hydrogens is 397 g/mol. The van der Waals surface area contributed by atoms with Gasteiger partial charge >= 0.3 is 6.18 Å². The number of aromatic nitrogens is 1. The Hall–Kier alpha value is -3.00. The van der Waals surface area contributed by atoms with Crippen molar-refractivity contribution in [2.45, 2.75) is 25.6 Å². The van der Waals surface area contributed by atoms with Gasteiger partial charge in [-0.2, -0.15) is 13.2 Å². The topological polar surface area (TPSA) is 74.4 Å². The molecule has 30 heavy (non-hydrogen) atoms. The largest absolute Gasteiger partial charge is 0.489 e. The van der Waals surface area contributed by atoms with Gasteiger partial charge in [0.25, 0.3) is 0 Å². The molecule has 1 aromatic heterocycles. The fraction of sp³-hybridized carbons (Fsp3) is 0.318. The van der Waals surface area contributed by atoms with Gasteiger partial charge < -0.3 is 20.1 Å². The zero-order valence-corrected chi connectivity index (χ0v) is 16.0. The Morgan fingerprint density at radius 2 is 1.90 bits per heavy atom. The monoisotopic (exact) mass is 418 g/mol. The Morgan fingerprint density at radius 1 is 1.17 bits per heavy atom. The number of ether oxygens (including phenoxy) is 1. The lowest BCUT2D eigenvalue weighted by molar-refractivity contribution is -0.137. The molecule has 0 atom stereocenters. The van der Waals surface area contributed by atoms with Crippen LogP contribution in [0.2, 0.25) is 0 Å². The van der Waals surface area contributed by atoms with Crippen molar-refractivity contribution in [3.63, 3.8) is 0 Å². The van der Waals surface area contributed by atoms with Crippen molar-refractivity contribution in [1.29, 1.82) is 0 Å². The number of hydrogen-bond acceptors (Lipinski definition) is 3. The van der Waals surface area contributed by atoms with Gasteiger partial charge in [-0.25, -0.2) is 0 Å². The van der Waals surface area contributed by atoms with Crippen LogP contribution in [0.15, 0.2) is 48.7 Å². The summed E-state index contributed by atoms with van der Waals surface area (Å²) in [5.41, 5.74) is 1.39. The number of carbonyl (C=O) groups excluding carboxylic acids is 1. The van der Waals surface area contributed by atoms with Crippen LogP contribution >= 0.6 is 0 Å². The van der Waals surface area contributed by atoms with Crippen LogP contribution in [0.25, 0.3) is 10.9 Å². The number of fused-ring (bicyclic) bond motifs is 1. The van der Waals surface area contributed by atoms with Gasteiger partial charge in [0.1, 0.15) is 12.4 Å². The first-order valence-electron chi connectivity index (χ1n) is 9.65. The molecule has 0 aliphatic heterocycles. The van der Waals surface area contributed by atoms with E-state index in [1.165, 1.54) is 12.1 Å². The van der Waals surface area contributed by atoms with E-state index in [-0.39, 0.29) is 31.0 Å². The van der Waals surface area contributed by atoms with Gasteiger partial charge in [-0.05, 0) is 54.7 Å². The van der Waals surface area contributed by atoms with E-state index in [2.05, 4.69) is 10.3 Å². The van der Waals surface area contributed by atoms with Crippen LogP contribution in [0.4, 0.5) is 18.9 Å². The van der Waals surface area contributed by atoms with Crippen LogP contribution in [-0.4, -0.2) is 22.6 Å². The van der Waals surface area contributed by atoms with Crippen molar-refractivity contribution in [3.8, 4) is 5.75 Å². The summed E-state index contributed by atoms with van der Waals surface area (Å²) in [7, 11) is 0. The van der Waals surface area contributed by atoms with E-state index >= 15 is 0 Å². The quantitative estimate of drug-likeness (QED) is 0.542. The maximum absolute atomic E-state index is 12.7. The van der Waals surface area contributed by atoms with Gasteiger partial charge in [0.2, 0.25) is 5.91 Å². The molecule has 5 nitrogen and oxygen atoms in total. The number of benzene rings is 2. The van der Waals surface area contributed by atoms with Crippen molar-refractivity contribution in [2.24, 2.45) is 11.8 Å². The molecule has 0 radical (unpaired) electrons. The predicted octanol–water partition coefficient (Wildman–Crippen LogP) is 4.72. The summed E-state index contributed by atoms with van der Waals surface area (Å²) in [5.74, 6) is 0.582. The molecule has 2 aromatic carbocycles. The molecule has 4 rings (SSSR count). The highest BCUT2D eigenvalue weighted by Gasteiger charge is 2.34. The smallest absolute Gasteiger partial charge is 0.416 e. The molecule has 0 bridgehead atoms. The molecule has 1 amide bonds. The Balaban J connectivity index is 1.42. The van der Waals surface area contributed by atoms with Crippen LogP contribution in [0.1, 0.15) is 24.0 Å². The Bertz CT molecular complexity index is 1040. The number of aromatic amines is 1. The minimum absolute atomic E-state index is 0.0725. The maximum Gasteiger partial charge on any atom is 0.416 e. The Morgan fingerprint density at radius 3 is 2.57 bits per heavy atom. The second kappa shape index (κ2) is 8.02. The highest BCUT2D eigenvalue weighted by atomic mass is 19.4. The molecule has 8 heteroatoms. The molecular formula is C22H21F3N2O3. The zero-order valence-electron chi connectivity index (χ0n) is 16.0. The molecule has 0 saturated heterocycles. The van der Waals surface area contributed by atoms with Crippen LogP contribution in [0.3, 0.4) is 0 Å². The predicted molar refractivity (Wildman–Crippen MR) is 106 cm³/mol. The number of carbonyl (C=O) groups is 1. The van der Waals surface area contributed by atoms with E-state index in [0.717, 1.165) is 23.0 Å². The molecule has 3 aromatic rings. The maximum atomic E-state index is 12.7. The van der Waals surface area contributed by atoms with Gasteiger partial charge in [0.15, 0.2) is 0 Å². The number of nitrogens with one attached hydrogen (secondary N) is 2. The SMILES string of the molecule is O=C(Nc1c[nH]c2ccc(OCc3ccc(C(F)(F)F)cc3)cc12)C1CC(CO)C1. The highest BCUT2D eigenvalue weighted by molar-refractivity contribution is 6.03. The molecule has 0 unspecified atom stereocenters. The average Bonchev–Trinajstić information content (AvgIpc) is 3.07. The molecule has 1 aliphatic rings. The Kier molecular flexibility index (Phi) is 5.42. The summed E-state index contributed by atoms with van der Waals surface area (Å²) < 4.78 is 43.7. The summed E-state index contributed by atoms with van der Waals surface area (Å²) in [6, 6.07) is 10.2.